The smallest absolute Gasteiger partial charge is 0.326 e. The third-order valence-electron chi connectivity index (χ3n) is 3.41. The second kappa shape index (κ2) is 6.80. The van der Waals surface area contributed by atoms with Crippen LogP contribution in [0.1, 0.15) is 19.3 Å². The number of piperidine rings is 1. The van der Waals surface area contributed by atoms with Crippen molar-refractivity contribution in [2.75, 3.05) is 19.0 Å². The van der Waals surface area contributed by atoms with Gasteiger partial charge in [0.25, 0.3) is 0 Å². The Morgan fingerprint density at radius 2 is 2.14 bits per heavy atom. The number of methoxy groups -OCH3 is 1. The Hall–Kier alpha value is -1.76. The number of aliphatic carboxylic acids is 1. The fourth-order valence-corrected chi connectivity index (χ4v) is 2.85. The zero-order chi connectivity index (χ0) is 15.4. The van der Waals surface area contributed by atoms with E-state index in [-0.39, 0.29) is 0 Å². The molecule has 0 radical (unpaired) electrons. The number of hydrogen-bond donors (Lipinski definition) is 2. The van der Waals surface area contributed by atoms with Crippen molar-refractivity contribution >= 4 is 33.6 Å². The van der Waals surface area contributed by atoms with Crippen LogP contribution in [0.5, 0.6) is 5.75 Å². The average Bonchev–Trinajstić information content (AvgIpc) is 2.46. The van der Waals surface area contributed by atoms with Crippen LogP contribution in [-0.2, 0) is 4.79 Å². The number of carbonyl (C=O) groups excluding carboxylic acids is 1. The quantitative estimate of drug-likeness (QED) is 0.872. The molecule has 2 amide bonds. The maximum Gasteiger partial charge on any atom is 0.326 e. The van der Waals surface area contributed by atoms with Gasteiger partial charge >= 0.3 is 12.0 Å². The molecule has 1 aliphatic heterocycles. The van der Waals surface area contributed by atoms with Gasteiger partial charge in [-0.05, 0) is 31.4 Å². The zero-order valence-electron chi connectivity index (χ0n) is 11.6. The van der Waals surface area contributed by atoms with Crippen molar-refractivity contribution in [3.63, 3.8) is 0 Å². The highest BCUT2D eigenvalue weighted by Gasteiger charge is 2.31. The molecule has 1 aromatic carbocycles. The summed E-state index contributed by atoms with van der Waals surface area (Å²) in [6.45, 7) is 0.452. The number of likely N-dealkylation sites (tertiary alicyclic amines) is 1. The van der Waals surface area contributed by atoms with Crippen LogP contribution in [0.2, 0.25) is 0 Å². The van der Waals surface area contributed by atoms with E-state index in [9.17, 15) is 14.7 Å². The number of hydrogen-bond acceptors (Lipinski definition) is 3. The second-order valence-corrected chi connectivity index (χ2v) is 5.77. The molecule has 0 aliphatic carbocycles. The number of rotatable bonds is 3. The number of carboxylic acid groups (broad SMARTS) is 1. The summed E-state index contributed by atoms with van der Waals surface area (Å²) in [6.07, 6.45) is 2.13. The Labute approximate surface area is 131 Å². The van der Waals surface area contributed by atoms with Gasteiger partial charge in [-0.2, -0.15) is 0 Å². The summed E-state index contributed by atoms with van der Waals surface area (Å²) in [7, 11) is 1.54. The van der Waals surface area contributed by atoms with Gasteiger partial charge in [-0.15, -0.1) is 0 Å². The predicted octanol–water partition coefficient (Wildman–Crippen LogP) is 2.93. The van der Waals surface area contributed by atoms with Gasteiger partial charge in [-0.3, -0.25) is 0 Å². The van der Waals surface area contributed by atoms with Crippen molar-refractivity contribution in [2.24, 2.45) is 0 Å². The molecule has 1 atom stereocenters. The lowest BCUT2D eigenvalue weighted by molar-refractivity contribution is -0.143. The fourth-order valence-electron chi connectivity index (χ4n) is 2.38. The molecule has 7 heteroatoms. The molecule has 0 bridgehead atoms. The summed E-state index contributed by atoms with van der Waals surface area (Å²) < 4.78 is 5.90. The number of carbonyl (C=O) groups is 2. The molecule has 1 saturated heterocycles. The summed E-state index contributed by atoms with van der Waals surface area (Å²) in [5, 5.41) is 11.9. The van der Waals surface area contributed by atoms with Crippen LogP contribution in [0.15, 0.2) is 22.7 Å². The lowest BCUT2D eigenvalue weighted by Gasteiger charge is -2.32. The maximum absolute atomic E-state index is 12.3. The van der Waals surface area contributed by atoms with E-state index in [4.69, 9.17) is 4.74 Å². The molecule has 0 aromatic heterocycles. The van der Waals surface area contributed by atoms with Crippen LogP contribution in [0.4, 0.5) is 10.5 Å². The SMILES string of the molecule is COc1cc(Br)cc(NC(=O)N2CCCCC2C(=O)O)c1. The van der Waals surface area contributed by atoms with Crippen molar-refractivity contribution in [1.82, 2.24) is 4.90 Å². The maximum atomic E-state index is 12.3. The number of urea groups is 1. The Bertz CT molecular complexity index is 550. The largest absolute Gasteiger partial charge is 0.497 e. The van der Waals surface area contributed by atoms with E-state index in [0.29, 0.717) is 24.4 Å². The van der Waals surface area contributed by atoms with E-state index >= 15 is 0 Å². The summed E-state index contributed by atoms with van der Waals surface area (Å²) in [4.78, 5) is 24.9. The van der Waals surface area contributed by atoms with Crippen LogP contribution in [0, 0.1) is 0 Å². The number of ether oxygens (including phenoxy) is 1. The number of benzene rings is 1. The molecule has 2 rings (SSSR count). The summed E-state index contributed by atoms with van der Waals surface area (Å²) >= 11 is 3.34. The highest BCUT2D eigenvalue weighted by atomic mass is 79.9. The lowest BCUT2D eigenvalue weighted by Crippen LogP contribution is -2.49. The van der Waals surface area contributed by atoms with Crippen LogP contribution in [0.3, 0.4) is 0 Å². The van der Waals surface area contributed by atoms with Crippen molar-refractivity contribution in [3.8, 4) is 5.75 Å². The van der Waals surface area contributed by atoms with Gasteiger partial charge in [0.1, 0.15) is 11.8 Å². The number of halogens is 1. The van der Waals surface area contributed by atoms with E-state index in [0.717, 1.165) is 17.3 Å². The van der Waals surface area contributed by atoms with Gasteiger partial charge in [0.15, 0.2) is 0 Å². The monoisotopic (exact) mass is 356 g/mol. The van der Waals surface area contributed by atoms with Gasteiger partial charge in [-0.25, -0.2) is 9.59 Å². The van der Waals surface area contributed by atoms with Crippen molar-refractivity contribution in [2.45, 2.75) is 25.3 Å². The molecule has 0 saturated carbocycles. The number of anilines is 1. The van der Waals surface area contributed by atoms with Crippen LogP contribution in [0.25, 0.3) is 0 Å². The zero-order valence-corrected chi connectivity index (χ0v) is 13.2. The molecule has 1 fully saturated rings. The van der Waals surface area contributed by atoms with Gasteiger partial charge in [0, 0.05) is 22.8 Å². The van der Waals surface area contributed by atoms with E-state index < -0.39 is 18.0 Å². The number of carboxylic acids is 1. The molecule has 6 nitrogen and oxygen atoms in total. The Morgan fingerprint density at radius 3 is 2.81 bits per heavy atom. The number of nitrogens with zero attached hydrogens (tertiary/aromatic N) is 1. The third kappa shape index (κ3) is 3.87. The molecule has 0 spiro atoms. The first-order valence-corrected chi connectivity index (χ1v) is 7.45. The standard InChI is InChI=1S/C14H17BrN2O4/c1-21-11-7-9(15)6-10(8-11)16-14(20)17-5-3-2-4-12(17)13(18)19/h6-8,12H,2-5H2,1H3,(H,16,20)(H,18,19). The van der Waals surface area contributed by atoms with E-state index in [1.807, 2.05) is 0 Å². The van der Waals surface area contributed by atoms with Crippen molar-refractivity contribution in [3.05, 3.63) is 22.7 Å². The first kappa shape index (κ1) is 15.6. The molecule has 114 valence electrons. The molecule has 1 aromatic rings. The molecule has 2 N–H and O–H groups in total. The van der Waals surface area contributed by atoms with Gasteiger partial charge in [0.2, 0.25) is 0 Å². The molecule has 21 heavy (non-hydrogen) atoms. The van der Waals surface area contributed by atoms with Gasteiger partial charge in [-0.1, -0.05) is 15.9 Å². The van der Waals surface area contributed by atoms with Gasteiger partial charge < -0.3 is 20.1 Å². The first-order chi connectivity index (χ1) is 10.0. The summed E-state index contributed by atoms with van der Waals surface area (Å²) in [5.74, 6) is -0.357. The Morgan fingerprint density at radius 1 is 1.38 bits per heavy atom. The van der Waals surface area contributed by atoms with Gasteiger partial charge in [0.05, 0.1) is 7.11 Å². The molecular formula is C14H17BrN2O4. The van der Waals surface area contributed by atoms with Crippen molar-refractivity contribution < 1.29 is 19.4 Å². The highest BCUT2D eigenvalue weighted by Crippen LogP contribution is 2.25. The normalized spacial score (nSPS) is 18.2. The Balaban J connectivity index is 2.13. The van der Waals surface area contributed by atoms with Crippen LogP contribution < -0.4 is 10.1 Å². The van der Waals surface area contributed by atoms with Crippen LogP contribution in [-0.4, -0.2) is 41.7 Å². The summed E-state index contributed by atoms with van der Waals surface area (Å²) in [6, 6.07) is 4.04. The minimum atomic E-state index is -0.961. The molecule has 1 aliphatic rings. The van der Waals surface area contributed by atoms with E-state index in [1.165, 1.54) is 4.90 Å². The van der Waals surface area contributed by atoms with E-state index in [2.05, 4.69) is 21.2 Å². The molecule has 1 heterocycles. The molecule has 1 unspecified atom stereocenters. The number of amides is 2. The Kier molecular flexibility index (Phi) is 5.06. The fraction of sp³-hybridized carbons (Fsp3) is 0.429. The molecular weight excluding hydrogens is 340 g/mol. The lowest BCUT2D eigenvalue weighted by atomic mass is 10.0. The average molecular weight is 357 g/mol. The van der Waals surface area contributed by atoms with E-state index in [1.54, 1.807) is 25.3 Å². The minimum Gasteiger partial charge on any atom is -0.497 e. The first-order valence-electron chi connectivity index (χ1n) is 6.66. The van der Waals surface area contributed by atoms with Crippen LogP contribution >= 0.6 is 15.9 Å². The number of nitrogens with one attached hydrogen (secondary N) is 1. The topological polar surface area (TPSA) is 78.9 Å². The predicted molar refractivity (Wildman–Crippen MR) is 81.7 cm³/mol. The third-order valence-corrected chi connectivity index (χ3v) is 3.86. The highest BCUT2D eigenvalue weighted by molar-refractivity contribution is 9.10. The second-order valence-electron chi connectivity index (χ2n) is 4.85. The van der Waals surface area contributed by atoms with Crippen molar-refractivity contribution in [1.29, 1.82) is 0 Å². The summed E-state index contributed by atoms with van der Waals surface area (Å²) in [5.41, 5.74) is 0.556. The minimum absolute atomic E-state index is 0.401.